The van der Waals surface area contributed by atoms with Crippen molar-refractivity contribution < 1.29 is 14.3 Å². The Balaban J connectivity index is 1.55. The summed E-state index contributed by atoms with van der Waals surface area (Å²) in [6.07, 6.45) is 0. The first-order chi connectivity index (χ1) is 15.2. The number of benzene rings is 3. The second-order valence-corrected chi connectivity index (χ2v) is 9.30. The van der Waals surface area contributed by atoms with Crippen molar-refractivity contribution >= 4 is 34.8 Å². The Kier molecular flexibility index (Phi) is 5.94. The SMILES string of the molecule is CC(C)(C)c1ccc(C(=O)Nc2ccc3c(c2)N(Cc2ccc(Cl)cc2)C(=O)CO3)cc1. The molecule has 0 aliphatic carbocycles. The Morgan fingerprint density at radius 2 is 1.72 bits per heavy atom. The van der Waals surface area contributed by atoms with E-state index in [0.29, 0.717) is 34.3 Å². The Morgan fingerprint density at radius 1 is 1.03 bits per heavy atom. The smallest absolute Gasteiger partial charge is 0.265 e. The largest absolute Gasteiger partial charge is 0.482 e. The highest BCUT2D eigenvalue weighted by Crippen LogP contribution is 2.36. The third kappa shape index (κ3) is 4.78. The zero-order valence-electron chi connectivity index (χ0n) is 18.3. The molecule has 1 aliphatic rings. The van der Waals surface area contributed by atoms with Crippen LogP contribution in [-0.2, 0) is 16.8 Å². The highest BCUT2D eigenvalue weighted by molar-refractivity contribution is 6.30. The van der Waals surface area contributed by atoms with Crippen LogP contribution < -0.4 is 15.0 Å². The molecule has 164 valence electrons. The van der Waals surface area contributed by atoms with Gasteiger partial charge in [0.1, 0.15) is 5.75 Å². The van der Waals surface area contributed by atoms with Gasteiger partial charge < -0.3 is 15.0 Å². The number of nitrogens with one attached hydrogen (secondary N) is 1. The molecule has 4 rings (SSSR count). The van der Waals surface area contributed by atoms with Crippen molar-refractivity contribution in [1.82, 2.24) is 0 Å². The number of halogens is 1. The maximum absolute atomic E-state index is 12.8. The van der Waals surface area contributed by atoms with Crippen molar-refractivity contribution in [3.63, 3.8) is 0 Å². The number of rotatable bonds is 4. The molecule has 1 heterocycles. The number of anilines is 2. The first-order valence-corrected chi connectivity index (χ1v) is 10.8. The van der Waals surface area contributed by atoms with E-state index >= 15 is 0 Å². The molecule has 0 fully saturated rings. The van der Waals surface area contributed by atoms with Crippen molar-refractivity contribution in [3.8, 4) is 5.75 Å². The van der Waals surface area contributed by atoms with E-state index in [9.17, 15) is 9.59 Å². The molecule has 0 saturated carbocycles. The van der Waals surface area contributed by atoms with Gasteiger partial charge in [0, 0.05) is 16.3 Å². The van der Waals surface area contributed by atoms with Gasteiger partial charge in [0.15, 0.2) is 6.61 Å². The van der Waals surface area contributed by atoms with Crippen molar-refractivity contribution in [2.24, 2.45) is 0 Å². The van der Waals surface area contributed by atoms with Gasteiger partial charge >= 0.3 is 0 Å². The minimum absolute atomic E-state index is 0.0214. The van der Waals surface area contributed by atoms with E-state index < -0.39 is 0 Å². The summed E-state index contributed by atoms with van der Waals surface area (Å²) in [6.45, 7) is 6.77. The molecule has 0 radical (unpaired) electrons. The molecule has 2 amide bonds. The van der Waals surface area contributed by atoms with Crippen LogP contribution in [0.15, 0.2) is 66.7 Å². The molecule has 0 bridgehead atoms. The van der Waals surface area contributed by atoms with Crippen molar-refractivity contribution in [2.75, 3.05) is 16.8 Å². The van der Waals surface area contributed by atoms with E-state index in [1.54, 1.807) is 35.2 Å². The minimum atomic E-state index is -0.210. The van der Waals surface area contributed by atoms with E-state index in [0.717, 1.165) is 11.1 Å². The predicted molar refractivity (Wildman–Crippen MR) is 128 cm³/mol. The fourth-order valence-electron chi connectivity index (χ4n) is 3.55. The molecular formula is C26H25ClN2O3. The predicted octanol–water partition coefficient (Wildman–Crippen LogP) is 5.82. The molecule has 1 N–H and O–H groups in total. The van der Waals surface area contributed by atoms with E-state index in [1.807, 2.05) is 36.4 Å². The minimum Gasteiger partial charge on any atom is -0.482 e. The van der Waals surface area contributed by atoms with Gasteiger partial charge in [-0.25, -0.2) is 0 Å². The van der Waals surface area contributed by atoms with Gasteiger partial charge in [-0.05, 0) is 59.0 Å². The summed E-state index contributed by atoms with van der Waals surface area (Å²) in [5, 5.41) is 3.57. The van der Waals surface area contributed by atoms with E-state index in [4.69, 9.17) is 16.3 Å². The Morgan fingerprint density at radius 3 is 2.38 bits per heavy atom. The molecule has 0 spiro atoms. The molecule has 3 aromatic rings. The van der Waals surface area contributed by atoms with Crippen molar-refractivity contribution in [2.45, 2.75) is 32.7 Å². The number of hydrogen-bond acceptors (Lipinski definition) is 3. The molecule has 0 saturated heterocycles. The average molecular weight is 449 g/mol. The number of fused-ring (bicyclic) bond motifs is 1. The van der Waals surface area contributed by atoms with Crippen LogP contribution in [0.4, 0.5) is 11.4 Å². The molecule has 5 nitrogen and oxygen atoms in total. The normalized spacial score (nSPS) is 13.4. The van der Waals surface area contributed by atoms with Crippen molar-refractivity contribution in [1.29, 1.82) is 0 Å². The molecule has 0 atom stereocenters. The summed E-state index contributed by atoms with van der Waals surface area (Å²) in [5.74, 6) is 0.248. The topological polar surface area (TPSA) is 58.6 Å². The van der Waals surface area contributed by atoms with Gasteiger partial charge in [-0.1, -0.05) is 56.6 Å². The summed E-state index contributed by atoms with van der Waals surface area (Å²) >= 11 is 5.97. The molecule has 6 heteroatoms. The highest BCUT2D eigenvalue weighted by atomic mass is 35.5. The molecular weight excluding hydrogens is 424 g/mol. The van der Waals surface area contributed by atoms with Crippen LogP contribution in [0.25, 0.3) is 0 Å². The number of hydrogen-bond donors (Lipinski definition) is 1. The zero-order valence-corrected chi connectivity index (χ0v) is 19.1. The maximum atomic E-state index is 12.8. The molecule has 0 unspecified atom stereocenters. The Hall–Kier alpha value is -3.31. The number of ether oxygens (including phenoxy) is 1. The molecule has 1 aliphatic heterocycles. The van der Waals surface area contributed by atoms with Gasteiger partial charge in [0.05, 0.1) is 12.2 Å². The zero-order chi connectivity index (χ0) is 22.9. The number of nitrogens with zero attached hydrogens (tertiary/aromatic N) is 1. The van der Waals surface area contributed by atoms with Gasteiger partial charge in [-0.2, -0.15) is 0 Å². The van der Waals surface area contributed by atoms with Crippen molar-refractivity contribution in [3.05, 3.63) is 88.4 Å². The Labute approximate surface area is 193 Å². The molecule has 3 aromatic carbocycles. The quantitative estimate of drug-likeness (QED) is 0.547. The Bertz CT molecular complexity index is 1150. The van der Waals surface area contributed by atoms with Gasteiger partial charge in [-0.15, -0.1) is 0 Å². The van der Waals surface area contributed by atoms with E-state index in [1.165, 1.54) is 0 Å². The lowest BCUT2D eigenvalue weighted by Gasteiger charge is -2.30. The molecule has 0 aromatic heterocycles. The van der Waals surface area contributed by atoms with Crippen LogP contribution in [0.5, 0.6) is 5.75 Å². The first kappa shape index (κ1) is 21.9. The maximum Gasteiger partial charge on any atom is 0.265 e. The summed E-state index contributed by atoms with van der Waals surface area (Å²) < 4.78 is 5.59. The second kappa shape index (κ2) is 8.67. The number of carbonyl (C=O) groups is 2. The summed E-state index contributed by atoms with van der Waals surface area (Å²) in [6, 6.07) is 20.3. The first-order valence-electron chi connectivity index (χ1n) is 10.4. The lowest BCUT2D eigenvalue weighted by molar-refractivity contribution is -0.121. The monoisotopic (exact) mass is 448 g/mol. The lowest BCUT2D eigenvalue weighted by atomic mass is 9.87. The van der Waals surface area contributed by atoms with Crippen LogP contribution in [0.3, 0.4) is 0 Å². The summed E-state index contributed by atoms with van der Waals surface area (Å²) in [4.78, 5) is 27.0. The third-order valence-electron chi connectivity index (χ3n) is 5.43. The third-order valence-corrected chi connectivity index (χ3v) is 5.68. The highest BCUT2D eigenvalue weighted by Gasteiger charge is 2.26. The average Bonchev–Trinajstić information content (AvgIpc) is 2.76. The summed E-state index contributed by atoms with van der Waals surface area (Å²) in [5.41, 5.74) is 3.92. The van der Waals surface area contributed by atoms with Crippen LogP contribution in [0.1, 0.15) is 42.3 Å². The van der Waals surface area contributed by atoms with E-state index in [2.05, 4.69) is 26.1 Å². The van der Waals surface area contributed by atoms with Crippen LogP contribution in [0, 0.1) is 0 Å². The van der Waals surface area contributed by atoms with Gasteiger partial charge in [-0.3, -0.25) is 9.59 Å². The van der Waals surface area contributed by atoms with Gasteiger partial charge in [0.2, 0.25) is 0 Å². The van der Waals surface area contributed by atoms with Crippen LogP contribution >= 0.6 is 11.6 Å². The number of amides is 2. The standard InChI is InChI=1S/C26H25ClN2O3/c1-26(2,3)19-8-6-18(7-9-19)25(31)28-21-12-13-23-22(14-21)29(24(30)16-32-23)15-17-4-10-20(27)11-5-17/h4-14H,15-16H2,1-3H3,(H,28,31). The van der Waals surface area contributed by atoms with Crippen LogP contribution in [-0.4, -0.2) is 18.4 Å². The molecule has 32 heavy (non-hydrogen) atoms. The second-order valence-electron chi connectivity index (χ2n) is 8.86. The fourth-order valence-corrected chi connectivity index (χ4v) is 3.68. The van der Waals surface area contributed by atoms with E-state index in [-0.39, 0.29) is 23.8 Å². The fraction of sp³-hybridized carbons (Fsp3) is 0.231. The lowest BCUT2D eigenvalue weighted by Crippen LogP contribution is -2.38. The van der Waals surface area contributed by atoms with Crippen LogP contribution in [0.2, 0.25) is 5.02 Å². The summed E-state index contributed by atoms with van der Waals surface area (Å²) in [7, 11) is 0. The van der Waals surface area contributed by atoms with Gasteiger partial charge in [0.25, 0.3) is 11.8 Å². The number of carbonyl (C=O) groups excluding carboxylic acids is 2.